The van der Waals surface area contributed by atoms with E-state index in [0.717, 1.165) is 71.5 Å². The van der Waals surface area contributed by atoms with E-state index in [2.05, 4.69) is 93.8 Å². The first kappa shape index (κ1) is 98.2. The van der Waals surface area contributed by atoms with Gasteiger partial charge in [0.15, 0.2) is 0 Å². The summed E-state index contributed by atoms with van der Waals surface area (Å²) in [6.45, 7) is 3.06. The van der Waals surface area contributed by atoms with Crippen LogP contribution in [0.15, 0.2) is 217 Å². The summed E-state index contributed by atoms with van der Waals surface area (Å²) in [6.07, 6.45) is 9.40. The van der Waals surface area contributed by atoms with Crippen molar-refractivity contribution in [2.75, 3.05) is 91.3 Å². The van der Waals surface area contributed by atoms with E-state index in [1.165, 1.54) is 19.6 Å². The number of cyclic esters (lactones) is 1. The number of aliphatic hydroxyl groups is 1. The molecule has 0 spiro atoms. The number of thiocarbonyl (C=S) groups is 1. The number of halogens is 2. The summed E-state index contributed by atoms with van der Waals surface area (Å²) in [7, 11) is 0.143. The topological polar surface area (TPSA) is 411 Å². The van der Waals surface area contributed by atoms with Gasteiger partial charge in [-0.1, -0.05) is 127 Å². The number of carbonyl (C=O) groups excluding carboxylic acids is 5. The van der Waals surface area contributed by atoms with Crippen LogP contribution in [0.2, 0.25) is 0 Å². The molecule has 1 saturated heterocycles. The van der Waals surface area contributed by atoms with E-state index >= 15 is 0 Å². The number of nitrogens with two attached hydrogens (primary N) is 2. The number of aliphatic hydroxyl groups excluding tert-OH is 1. The van der Waals surface area contributed by atoms with Crippen molar-refractivity contribution in [1.29, 1.82) is 5.26 Å². The van der Waals surface area contributed by atoms with E-state index in [9.17, 15) is 40.8 Å². The number of benzene rings is 8. The van der Waals surface area contributed by atoms with Crippen LogP contribution in [0.5, 0.6) is 28.7 Å². The molecule has 4 amide bonds. The standard InChI is InChI=1S/C28H33N3O5S.C24H29N3O6S.C21H26N2O2.C7H9NO.C2H5ClO.C2INO3S.C2H3N/c1-35-24-14-12-22(13-15-24)30-37(33,34)31-23-16-18-28(19-17-23,21-8-4-3-5-9-21)20-29-27(32)25-10-6-7-11-26(25)36-2;1-32-21-10-6-5-9-20(21)22(28)25-17-24(18-7-3-2-4-8-18)13-11-19(12-14-24)26-34(30,31)27-15-16-33-23(27)29;1-25-19-10-6-5-9-18(19)20(24)23-15-21(13-11-17(22)12-14-21)16-7-3-2-4-8-16;1-9-7-4-2-6(8)3-5-7;3-1-2-4;3-2(8)6-7-4-1-5;1-2-3/h3-15,23,30-31H,16-20H2,1-2H3,(H,29,32);2-10,19,26H,11-17H2,1H3,(H,25,28);2-10,17H,11-15,22H2,1H3,(H,23,24);2-5H,8H2,1H3;4H,1-2H2;;1H3. The summed E-state index contributed by atoms with van der Waals surface area (Å²) in [5.41, 5.74) is 17.1. The van der Waals surface area contributed by atoms with Crippen LogP contribution in [-0.4, -0.2) is 158 Å². The second-order valence-corrected chi connectivity index (χ2v) is 33.3. The number of rotatable bonds is 27. The van der Waals surface area contributed by atoms with Crippen LogP contribution >= 0.6 is 46.4 Å². The van der Waals surface area contributed by atoms with Crippen LogP contribution in [0.1, 0.15) is 132 Å². The minimum absolute atomic E-state index is 0.0177. The molecule has 8 aromatic rings. The highest BCUT2D eigenvalue weighted by Gasteiger charge is 2.43. The van der Waals surface area contributed by atoms with Gasteiger partial charge in [-0.15, -0.1) is 11.6 Å². The van der Waals surface area contributed by atoms with E-state index < -0.39 is 26.5 Å². The van der Waals surface area contributed by atoms with Gasteiger partial charge in [0, 0.05) is 95.1 Å². The Kier molecular flexibility index (Phi) is 41.8. The lowest BCUT2D eigenvalue weighted by Gasteiger charge is -2.41. The Balaban J connectivity index is 0.000000247. The number of hydrogen-bond donors (Lipinski definition) is 9. The van der Waals surface area contributed by atoms with Gasteiger partial charge in [-0.25, -0.2) is 14.5 Å². The summed E-state index contributed by atoms with van der Waals surface area (Å²) in [5, 5.41) is 27.0. The third kappa shape index (κ3) is 31.2. The molecular weight excluding hydrogens is 1730 g/mol. The first-order chi connectivity index (χ1) is 57.8. The van der Waals surface area contributed by atoms with E-state index in [1.54, 1.807) is 130 Å². The van der Waals surface area contributed by atoms with Crippen molar-refractivity contribution in [3.63, 3.8) is 0 Å². The van der Waals surface area contributed by atoms with Crippen LogP contribution in [0.4, 0.5) is 16.2 Å². The highest BCUT2D eigenvalue weighted by Crippen LogP contribution is 2.43. The van der Waals surface area contributed by atoms with Gasteiger partial charge < -0.3 is 60.9 Å². The van der Waals surface area contributed by atoms with Crippen molar-refractivity contribution in [3.8, 4) is 34.8 Å². The Labute approximate surface area is 726 Å². The second kappa shape index (κ2) is 51.1. The molecule has 0 bridgehead atoms. The zero-order valence-electron chi connectivity index (χ0n) is 67.7. The number of amides is 4. The maximum atomic E-state index is 13.0. The van der Waals surface area contributed by atoms with Gasteiger partial charge in [-0.05, 0) is 191 Å². The number of nitrogen functional groups attached to an aromatic ring is 1. The molecular formula is C86H105ClIN11O18S3. The summed E-state index contributed by atoms with van der Waals surface area (Å²) in [4.78, 5) is 67.4. The number of ether oxygens (including phenoxy) is 6. The van der Waals surface area contributed by atoms with Crippen molar-refractivity contribution < 1.29 is 84.2 Å². The Morgan fingerprint density at radius 1 is 0.575 bits per heavy atom. The average molecular weight is 1840 g/mol. The lowest BCUT2D eigenvalue weighted by Crippen LogP contribution is -2.50. The Bertz CT molecular complexity index is 4810. The van der Waals surface area contributed by atoms with Gasteiger partial charge in [0.05, 0.1) is 82.3 Å². The molecule has 0 atom stereocenters. The number of carbonyl (C=O) groups is 4. The van der Waals surface area contributed by atoms with Gasteiger partial charge in [-0.2, -0.15) is 40.8 Å². The highest BCUT2D eigenvalue weighted by atomic mass is 127. The predicted octanol–water partition coefficient (Wildman–Crippen LogP) is 13.0. The van der Waals surface area contributed by atoms with Crippen LogP contribution in [-0.2, 0) is 56.1 Å². The van der Waals surface area contributed by atoms with Gasteiger partial charge in [0.1, 0.15) is 35.4 Å². The molecule has 1 heterocycles. The van der Waals surface area contributed by atoms with E-state index in [1.807, 2.05) is 103 Å². The lowest BCUT2D eigenvalue weighted by atomic mass is 9.68. The van der Waals surface area contributed by atoms with Crippen LogP contribution in [0, 0.1) is 11.3 Å². The molecule has 0 unspecified atom stereocenters. The van der Waals surface area contributed by atoms with Gasteiger partial charge >= 0.3 is 16.3 Å². The SMILES string of the molecule is CC#N.COc1ccc(N)cc1.COc1ccc(NS(=O)(=O)NC2CCC(CNC(=O)c3ccccc3OC)(c3ccccc3)CC2)cc1.COc1ccccc1C(=O)NCC1(c2ccccc2)CCC(N)CC1.COc1ccccc1C(=O)NCC1(c2ccccc2)CCC(NS(=O)(=O)N2CCOC2=O)CC1.O=C=NOOC(=S)I.OCCCl. The molecule has 12 rings (SSSR count). The molecule has 11 N–H and O–H groups in total. The molecule has 34 heteroatoms. The monoisotopic (exact) mass is 1840 g/mol. The minimum Gasteiger partial charge on any atom is -0.497 e. The number of anilines is 2. The maximum Gasteiger partial charge on any atom is 0.424 e. The quantitative estimate of drug-likeness (QED) is 0.00266. The van der Waals surface area contributed by atoms with Gasteiger partial charge in [0.25, 0.3) is 37.1 Å². The molecule has 4 fully saturated rings. The third-order valence-electron chi connectivity index (χ3n) is 20.2. The van der Waals surface area contributed by atoms with Crippen molar-refractivity contribution in [2.24, 2.45) is 10.9 Å². The summed E-state index contributed by atoms with van der Waals surface area (Å²) in [6, 6.07) is 67.5. The van der Waals surface area contributed by atoms with Crippen molar-refractivity contribution >= 4 is 111 Å². The van der Waals surface area contributed by atoms with Crippen LogP contribution in [0.25, 0.3) is 0 Å². The summed E-state index contributed by atoms with van der Waals surface area (Å²) in [5.74, 6) is 2.95. The predicted molar refractivity (Wildman–Crippen MR) is 473 cm³/mol. The number of nitrogens with zero attached hydrogens (tertiary/aromatic N) is 3. The largest absolute Gasteiger partial charge is 0.497 e. The normalized spacial score (nSPS) is 18.7. The van der Waals surface area contributed by atoms with E-state index in [0.29, 0.717) is 109 Å². The summed E-state index contributed by atoms with van der Waals surface area (Å²) >= 11 is 11.0. The molecule has 3 saturated carbocycles. The van der Waals surface area contributed by atoms with Crippen molar-refractivity contribution in [2.45, 2.75) is 118 Å². The second-order valence-electron chi connectivity index (χ2n) is 27.7. The minimum atomic E-state index is -3.96. The smallest absolute Gasteiger partial charge is 0.424 e. The molecule has 29 nitrogen and oxygen atoms in total. The lowest BCUT2D eigenvalue weighted by molar-refractivity contribution is -0.215. The van der Waals surface area contributed by atoms with Crippen molar-refractivity contribution in [3.05, 3.63) is 246 Å². The molecule has 120 heavy (non-hydrogen) atoms. The number of para-hydroxylation sites is 3. The molecule has 4 aliphatic rings. The fourth-order valence-electron chi connectivity index (χ4n) is 14.0. The molecule has 0 aromatic heterocycles. The average Bonchev–Trinajstić information content (AvgIpc) is 1.69. The molecule has 0 radical (unpaired) electrons. The van der Waals surface area contributed by atoms with Crippen molar-refractivity contribution in [1.82, 2.24) is 29.7 Å². The van der Waals surface area contributed by atoms with Gasteiger partial charge in [-0.3, -0.25) is 19.1 Å². The number of nitrogens with one attached hydrogen (secondary N) is 6. The zero-order valence-corrected chi connectivity index (χ0v) is 73.1. The first-order valence-electron chi connectivity index (χ1n) is 38.3. The van der Waals surface area contributed by atoms with Crippen LogP contribution < -0.4 is 65.3 Å². The summed E-state index contributed by atoms with van der Waals surface area (Å²) < 4.78 is 90.4. The number of isocyanates is 1. The fourth-order valence-corrected chi connectivity index (χ4v) is 16.6. The molecule has 1 aliphatic heterocycles. The number of hydrogen-bond acceptors (Lipinski definition) is 23. The molecule has 644 valence electrons. The molecule has 3 aliphatic carbocycles. The maximum absolute atomic E-state index is 13.0. The highest BCUT2D eigenvalue weighted by molar-refractivity contribution is 14.1. The van der Waals surface area contributed by atoms with E-state index in [4.69, 9.17) is 61.9 Å². The Hall–Kier alpha value is -10.6. The van der Waals surface area contributed by atoms with E-state index in [-0.39, 0.29) is 74.9 Å². The number of nitriles is 1. The number of alkyl halides is 1. The Morgan fingerprint density at radius 2 is 0.917 bits per heavy atom. The van der Waals surface area contributed by atoms with Crippen LogP contribution in [0.3, 0.4) is 0 Å². The zero-order chi connectivity index (χ0) is 87.4. The molecule has 8 aromatic carbocycles. The fraction of sp³-hybridized carbons (Fsp3) is 0.360. The third-order valence-corrected chi connectivity index (χ3v) is 23.3. The Morgan fingerprint density at radius 3 is 1.24 bits per heavy atom. The number of methoxy groups -OCH3 is 5. The van der Waals surface area contributed by atoms with Gasteiger partial charge in [0.2, 0.25) is 0 Å². The first-order valence-corrected chi connectivity index (χ1v) is 43.2.